The number of imidazole rings is 1. The van der Waals surface area contributed by atoms with Gasteiger partial charge in [-0.05, 0) is 37.8 Å². The summed E-state index contributed by atoms with van der Waals surface area (Å²) in [6, 6.07) is 1.35. The van der Waals surface area contributed by atoms with Crippen molar-refractivity contribution in [1.82, 2.24) is 24.6 Å². The number of fused-ring (bicyclic) bond motifs is 1. The van der Waals surface area contributed by atoms with Crippen molar-refractivity contribution in [3.63, 3.8) is 0 Å². The number of carbonyl (C=O) groups excluding carboxylic acids is 2. The minimum Gasteiger partial charge on any atom is -0.371 e. The van der Waals surface area contributed by atoms with E-state index < -0.39 is 17.5 Å². The monoisotopic (exact) mass is 469 g/mol. The number of nitrogens with two attached hydrogens (primary N) is 1. The Morgan fingerprint density at radius 1 is 1.29 bits per heavy atom. The average Bonchev–Trinajstić information content (AvgIpc) is 3.59. The number of hydrogen-bond acceptors (Lipinski definition) is 5. The summed E-state index contributed by atoms with van der Waals surface area (Å²) >= 11 is 0. The Kier molecular flexibility index (Phi) is 7.63. The second kappa shape index (κ2) is 10.6. The third-order valence-corrected chi connectivity index (χ3v) is 5.29. The van der Waals surface area contributed by atoms with Crippen molar-refractivity contribution in [3.8, 4) is 11.8 Å². The minimum absolute atomic E-state index is 0.0484. The number of H-pyrrole nitrogens is 1. The summed E-state index contributed by atoms with van der Waals surface area (Å²) in [5.41, 5.74) is 5.65. The smallest absolute Gasteiger partial charge is 0.255 e. The largest absolute Gasteiger partial charge is 0.371 e. The van der Waals surface area contributed by atoms with E-state index in [1.807, 2.05) is 4.90 Å². The summed E-state index contributed by atoms with van der Waals surface area (Å²) in [4.78, 5) is 28.2. The number of halogens is 2. The lowest BCUT2D eigenvalue weighted by Crippen LogP contribution is -2.25. The first-order valence-corrected chi connectivity index (χ1v) is 10.6. The number of primary amides is 1. The van der Waals surface area contributed by atoms with E-state index in [-0.39, 0.29) is 34.1 Å². The van der Waals surface area contributed by atoms with E-state index in [0.29, 0.717) is 12.1 Å². The molecule has 1 fully saturated rings. The van der Waals surface area contributed by atoms with E-state index in [1.165, 1.54) is 23.0 Å². The van der Waals surface area contributed by atoms with Crippen molar-refractivity contribution < 1.29 is 18.4 Å². The lowest BCUT2D eigenvalue weighted by atomic mass is 10.1. The fourth-order valence-electron chi connectivity index (χ4n) is 3.54. The molecule has 4 rings (SSSR count). The molecule has 1 aromatic carbocycles. The molecule has 2 amide bonds. The number of anilines is 1. The number of nitrogens with zero attached hydrogens (tertiary/aromatic N) is 4. The van der Waals surface area contributed by atoms with Crippen molar-refractivity contribution in [2.45, 2.75) is 26.3 Å². The molecule has 178 valence electrons. The van der Waals surface area contributed by atoms with Crippen LogP contribution in [-0.4, -0.2) is 56.6 Å². The quantitative estimate of drug-likeness (QED) is 0.400. The highest BCUT2D eigenvalue weighted by Crippen LogP contribution is 2.23. The number of aryl methyl sites for hydroxylation is 1. The van der Waals surface area contributed by atoms with Gasteiger partial charge in [-0.2, -0.15) is 5.10 Å². The molecule has 1 saturated heterocycles. The molecule has 1 aliphatic heterocycles. The van der Waals surface area contributed by atoms with Crippen LogP contribution < -0.4 is 11.1 Å². The van der Waals surface area contributed by atoms with Gasteiger partial charge in [0.1, 0.15) is 16.8 Å². The zero-order chi connectivity index (χ0) is 24.8. The summed E-state index contributed by atoms with van der Waals surface area (Å²) in [5.74, 6) is 2.53. The van der Waals surface area contributed by atoms with Crippen LogP contribution in [0.1, 0.15) is 41.4 Å². The average molecular weight is 469 g/mol. The van der Waals surface area contributed by atoms with Gasteiger partial charge in [0.2, 0.25) is 5.91 Å². The topological polar surface area (TPSA) is 122 Å². The molecule has 0 aliphatic carbocycles. The van der Waals surface area contributed by atoms with Crippen LogP contribution in [0, 0.1) is 23.5 Å². The van der Waals surface area contributed by atoms with Crippen molar-refractivity contribution in [3.05, 3.63) is 53.5 Å². The van der Waals surface area contributed by atoms with E-state index in [1.54, 1.807) is 14.0 Å². The van der Waals surface area contributed by atoms with Crippen LogP contribution in [0.5, 0.6) is 0 Å². The summed E-state index contributed by atoms with van der Waals surface area (Å²) in [6.45, 7) is 7.52. The van der Waals surface area contributed by atoms with Crippen molar-refractivity contribution in [2.75, 3.05) is 25.5 Å². The van der Waals surface area contributed by atoms with Crippen LogP contribution in [0.25, 0.3) is 11.0 Å². The Hall–Kier alpha value is -4.20. The maximum atomic E-state index is 14.3. The molecule has 9 nitrogen and oxygen atoms in total. The molecule has 34 heavy (non-hydrogen) atoms. The molecular formula is C23H25F2N7O2. The first kappa shape index (κ1) is 24.4. The van der Waals surface area contributed by atoms with Crippen LogP contribution in [0.3, 0.4) is 0 Å². The van der Waals surface area contributed by atoms with Crippen LogP contribution in [0.4, 0.5) is 14.6 Å². The first-order chi connectivity index (χ1) is 16.3. The fraction of sp³-hybridized carbons (Fsp3) is 0.304. The van der Waals surface area contributed by atoms with Crippen LogP contribution in [0.15, 0.2) is 25.0 Å². The molecule has 0 spiro atoms. The third kappa shape index (κ3) is 4.91. The number of likely N-dealkylation sites (tertiary alicyclic amines) is 1. The van der Waals surface area contributed by atoms with Crippen molar-refractivity contribution >= 4 is 28.7 Å². The number of hydrogen-bond donors (Lipinski definition) is 3. The molecule has 4 N–H and O–H groups in total. The number of aromatic nitrogens is 4. The summed E-state index contributed by atoms with van der Waals surface area (Å²) in [6.07, 6.45) is 5.12. The SMILES string of the molecule is C=CC(=O)N1CCCC1.CCn1cnc2cc(C#Cc3[nH]nc(NC)c3C(N)=O)c(F)c(F)c21. The summed E-state index contributed by atoms with van der Waals surface area (Å²) < 4.78 is 30.1. The van der Waals surface area contributed by atoms with Gasteiger partial charge in [0.15, 0.2) is 17.5 Å². The number of aromatic amines is 1. The van der Waals surface area contributed by atoms with E-state index in [2.05, 4.69) is 38.9 Å². The minimum atomic E-state index is -1.08. The fourth-order valence-corrected chi connectivity index (χ4v) is 3.54. The molecule has 0 bridgehead atoms. The lowest BCUT2D eigenvalue weighted by Gasteiger charge is -2.10. The standard InChI is InChI=1S/C16H14F2N6O.C7H11NO/c1-3-24-7-21-10-6-8(12(17)13(18)14(10)24)4-5-9-11(15(19)25)16(20-2)23-22-9;1-2-7(9)8-5-3-4-6-8/h6-7H,3H2,1-2H3,(H2,19,25)(H2,20,22,23);2H,1,3-6H2. The Balaban J connectivity index is 0.000000302. The molecule has 3 heterocycles. The highest BCUT2D eigenvalue weighted by atomic mass is 19.2. The maximum Gasteiger partial charge on any atom is 0.255 e. The van der Waals surface area contributed by atoms with Gasteiger partial charge in [-0.3, -0.25) is 14.7 Å². The molecular weight excluding hydrogens is 444 g/mol. The Bertz CT molecular complexity index is 1290. The van der Waals surface area contributed by atoms with Crippen LogP contribution in [-0.2, 0) is 11.3 Å². The number of benzene rings is 1. The summed E-state index contributed by atoms with van der Waals surface area (Å²) in [7, 11) is 1.56. The van der Waals surface area contributed by atoms with Crippen LogP contribution in [0.2, 0.25) is 0 Å². The van der Waals surface area contributed by atoms with Gasteiger partial charge in [0.05, 0.1) is 17.4 Å². The van der Waals surface area contributed by atoms with E-state index in [0.717, 1.165) is 25.9 Å². The number of carbonyl (C=O) groups is 2. The van der Waals surface area contributed by atoms with Gasteiger partial charge in [0.25, 0.3) is 5.91 Å². The second-order valence-electron chi connectivity index (χ2n) is 7.37. The highest BCUT2D eigenvalue weighted by Gasteiger charge is 2.18. The Labute approximate surface area is 195 Å². The zero-order valence-electron chi connectivity index (χ0n) is 18.9. The molecule has 0 unspecified atom stereocenters. The van der Waals surface area contributed by atoms with Gasteiger partial charge in [-0.1, -0.05) is 12.5 Å². The number of amides is 2. The maximum absolute atomic E-state index is 14.3. The highest BCUT2D eigenvalue weighted by molar-refractivity contribution is 5.99. The molecule has 0 radical (unpaired) electrons. The predicted molar refractivity (Wildman–Crippen MR) is 124 cm³/mol. The molecule has 2 aromatic heterocycles. The van der Waals surface area contributed by atoms with Crippen molar-refractivity contribution in [1.29, 1.82) is 0 Å². The Morgan fingerprint density at radius 2 is 2.00 bits per heavy atom. The second-order valence-corrected chi connectivity index (χ2v) is 7.37. The first-order valence-electron chi connectivity index (χ1n) is 10.6. The molecule has 11 heteroatoms. The molecule has 0 atom stereocenters. The molecule has 1 aliphatic rings. The number of rotatable bonds is 4. The van der Waals surface area contributed by atoms with E-state index >= 15 is 0 Å². The lowest BCUT2D eigenvalue weighted by molar-refractivity contribution is -0.124. The number of nitrogens with one attached hydrogen (secondary N) is 2. The van der Waals surface area contributed by atoms with E-state index in [4.69, 9.17) is 5.73 Å². The normalized spacial score (nSPS) is 12.5. The van der Waals surface area contributed by atoms with Crippen LogP contribution >= 0.6 is 0 Å². The van der Waals surface area contributed by atoms with Gasteiger partial charge < -0.3 is 20.5 Å². The van der Waals surface area contributed by atoms with Gasteiger partial charge in [-0.15, -0.1) is 0 Å². The van der Waals surface area contributed by atoms with Crippen molar-refractivity contribution in [2.24, 2.45) is 5.73 Å². The van der Waals surface area contributed by atoms with Gasteiger partial charge >= 0.3 is 0 Å². The predicted octanol–water partition coefficient (Wildman–Crippen LogP) is 2.39. The zero-order valence-corrected chi connectivity index (χ0v) is 18.9. The molecule has 3 aromatic rings. The third-order valence-electron chi connectivity index (χ3n) is 5.29. The Morgan fingerprint density at radius 3 is 2.59 bits per heavy atom. The summed E-state index contributed by atoms with van der Waals surface area (Å²) in [5, 5.41) is 9.08. The van der Waals surface area contributed by atoms with Gasteiger partial charge in [0, 0.05) is 26.7 Å². The van der Waals surface area contributed by atoms with E-state index in [9.17, 15) is 18.4 Å². The van der Waals surface area contributed by atoms with Gasteiger partial charge in [-0.25, -0.2) is 13.8 Å². The molecule has 0 saturated carbocycles.